The van der Waals surface area contributed by atoms with Crippen molar-refractivity contribution < 1.29 is 9.84 Å². The molecule has 1 aromatic heterocycles. The Labute approximate surface area is 126 Å². The van der Waals surface area contributed by atoms with Crippen molar-refractivity contribution in [3.05, 3.63) is 18.0 Å². The van der Waals surface area contributed by atoms with Crippen molar-refractivity contribution in [2.45, 2.75) is 63.1 Å². The van der Waals surface area contributed by atoms with Gasteiger partial charge in [-0.15, -0.1) is 0 Å². The summed E-state index contributed by atoms with van der Waals surface area (Å²) in [7, 11) is 0. The van der Waals surface area contributed by atoms with Gasteiger partial charge in [0.25, 0.3) is 0 Å². The van der Waals surface area contributed by atoms with Crippen molar-refractivity contribution >= 4 is 0 Å². The van der Waals surface area contributed by atoms with Crippen LogP contribution in [0.25, 0.3) is 0 Å². The predicted molar refractivity (Wildman–Crippen MR) is 81.1 cm³/mol. The highest BCUT2D eigenvalue weighted by molar-refractivity contribution is 5.00. The van der Waals surface area contributed by atoms with Crippen LogP contribution >= 0.6 is 0 Å². The highest BCUT2D eigenvalue weighted by atomic mass is 16.5. The Morgan fingerprint density at radius 1 is 1.29 bits per heavy atom. The molecule has 2 fully saturated rings. The smallest absolute Gasteiger partial charge is 0.0815 e. The normalized spacial score (nSPS) is 23.3. The maximum atomic E-state index is 10.4. The van der Waals surface area contributed by atoms with Crippen molar-refractivity contribution in [3.8, 4) is 0 Å². The van der Waals surface area contributed by atoms with Crippen LogP contribution in [0.1, 0.15) is 56.7 Å². The van der Waals surface area contributed by atoms with Crippen molar-refractivity contribution in [2.24, 2.45) is 0 Å². The lowest BCUT2D eigenvalue weighted by Gasteiger charge is -2.32. The van der Waals surface area contributed by atoms with Crippen LogP contribution in [0.2, 0.25) is 0 Å². The van der Waals surface area contributed by atoms with Gasteiger partial charge in [0.05, 0.1) is 17.3 Å². The third-order valence-corrected chi connectivity index (χ3v) is 4.80. The van der Waals surface area contributed by atoms with Crippen LogP contribution in [0.15, 0.2) is 12.3 Å². The molecule has 1 aliphatic carbocycles. The maximum absolute atomic E-state index is 10.4. The summed E-state index contributed by atoms with van der Waals surface area (Å²) in [5.41, 5.74) is 0.459. The molecule has 2 heterocycles. The zero-order chi connectivity index (χ0) is 14.5. The largest absolute Gasteiger partial charge is 0.388 e. The van der Waals surface area contributed by atoms with Crippen molar-refractivity contribution in [1.29, 1.82) is 0 Å². The van der Waals surface area contributed by atoms with Gasteiger partial charge < -0.3 is 15.2 Å². The minimum Gasteiger partial charge on any atom is -0.388 e. The van der Waals surface area contributed by atoms with E-state index in [1.165, 1.54) is 32.1 Å². The fraction of sp³-hybridized carbons (Fsp3) is 0.812. The molecule has 3 rings (SSSR count). The quantitative estimate of drug-likeness (QED) is 0.872. The number of ether oxygens (including phenoxy) is 1. The van der Waals surface area contributed by atoms with E-state index in [0.717, 1.165) is 25.1 Å². The van der Waals surface area contributed by atoms with Gasteiger partial charge in [0, 0.05) is 45.3 Å². The Kier molecular flexibility index (Phi) is 4.93. The van der Waals surface area contributed by atoms with Crippen LogP contribution in [0.4, 0.5) is 0 Å². The number of hydrogen-bond acceptors (Lipinski definition) is 4. The first-order valence-corrected chi connectivity index (χ1v) is 8.30. The summed E-state index contributed by atoms with van der Waals surface area (Å²) in [6.07, 6.45) is 10.1. The van der Waals surface area contributed by atoms with Gasteiger partial charge in [0.2, 0.25) is 0 Å². The summed E-state index contributed by atoms with van der Waals surface area (Å²) < 4.78 is 7.43. The number of hydrogen-bond donors (Lipinski definition) is 2. The molecular weight excluding hydrogens is 266 g/mol. The molecule has 2 aliphatic rings. The van der Waals surface area contributed by atoms with Crippen LogP contribution in [-0.2, 0) is 11.3 Å². The zero-order valence-electron chi connectivity index (χ0n) is 12.8. The summed E-state index contributed by atoms with van der Waals surface area (Å²) in [6.45, 7) is 2.67. The molecule has 5 nitrogen and oxygen atoms in total. The van der Waals surface area contributed by atoms with E-state index in [0.29, 0.717) is 25.8 Å². The molecule has 21 heavy (non-hydrogen) atoms. The van der Waals surface area contributed by atoms with Crippen molar-refractivity contribution in [1.82, 2.24) is 15.1 Å². The van der Waals surface area contributed by atoms with Gasteiger partial charge in [0.15, 0.2) is 0 Å². The second-order valence-electron chi connectivity index (χ2n) is 6.52. The Morgan fingerprint density at radius 2 is 2.05 bits per heavy atom. The SMILES string of the molecule is OC1(CNCc2ccn(C3CCCCC3)n2)CCOCC1. The van der Waals surface area contributed by atoms with E-state index in [9.17, 15) is 5.11 Å². The molecule has 0 spiro atoms. The number of rotatable bonds is 5. The minimum absolute atomic E-state index is 0.590. The van der Waals surface area contributed by atoms with Gasteiger partial charge in [-0.05, 0) is 18.9 Å². The van der Waals surface area contributed by atoms with Gasteiger partial charge >= 0.3 is 0 Å². The third kappa shape index (κ3) is 4.05. The average Bonchev–Trinajstić information content (AvgIpc) is 2.98. The van der Waals surface area contributed by atoms with Gasteiger partial charge in [-0.25, -0.2) is 0 Å². The molecule has 1 aromatic rings. The molecule has 0 bridgehead atoms. The monoisotopic (exact) mass is 293 g/mol. The van der Waals surface area contributed by atoms with E-state index in [-0.39, 0.29) is 0 Å². The number of aliphatic hydroxyl groups is 1. The van der Waals surface area contributed by atoms with E-state index >= 15 is 0 Å². The van der Waals surface area contributed by atoms with Crippen LogP contribution in [0.5, 0.6) is 0 Å². The van der Waals surface area contributed by atoms with Crippen molar-refractivity contribution in [3.63, 3.8) is 0 Å². The Balaban J connectivity index is 1.46. The second-order valence-corrected chi connectivity index (χ2v) is 6.52. The summed E-state index contributed by atoms with van der Waals surface area (Å²) in [6, 6.07) is 2.68. The topological polar surface area (TPSA) is 59.3 Å². The van der Waals surface area contributed by atoms with Crippen LogP contribution < -0.4 is 5.32 Å². The lowest BCUT2D eigenvalue weighted by molar-refractivity contribution is -0.0617. The molecule has 0 atom stereocenters. The molecule has 0 unspecified atom stereocenters. The number of nitrogens with zero attached hydrogens (tertiary/aromatic N) is 2. The fourth-order valence-corrected chi connectivity index (χ4v) is 3.37. The number of aromatic nitrogens is 2. The predicted octanol–water partition coefficient (Wildman–Crippen LogP) is 2.02. The summed E-state index contributed by atoms with van der Waals surface area (Å²) in [4.78, 5) is 0. The highest BCUT2D eigenvalue weighted by Gasteiger charge is 2.29. The highest BCUT2D eigenvalue weighted by Crippen LogP contribution is 2.27. The summed E-state index contributed by atoms with van der Waals surface area (Å²) >= 11 is 0. The van der Waals surface area contributed by atoms with E-state index in [2.05, 4.69) is 27.4 Å². The Bertz CT molecular complexity index is 434. The standard InChI is InChI=1S/C16H27N3O2/c20-16(7-10-21-11-8-16)13-17-12-14-6-9-19(18-14)15-4-2-1-3-5-15/h6,9,15,17,20H,1-5,7-8,10-13H2. The first-order chi connectivity index (χ1) is 10.3. The molecule has 0 radical (unpaired) electrons. The molecule has 0 amide bonds. The lowest BCUT2D eigenvalue weighted by atomic mass is 9.94. The van der Waals surface area contributed by atoms with E-state index in [1.807, 2.05) is 0 Å². The molecular formula is C16H27N3O2. The number of nitrogens with one attached hydrogen (secondary N) is 1. The third-order valence-electron chi connectivity index (χ3n) is 4.80. The van der Waals surface area contributed by atoms with Gasteiger partial charge in [-0.3, -0.25) is 4.68 Å². The molecule has 1 saturated carbocycles. The second kappa shape index (κ2) is 6.90. The molecule has 0 aromatic carbocycles. The molecule has 5 heteroatoms. The first kappa shape index (κ1) is 15.0. The molecule has 2 N–H and O–H groups in total. The van der Waals surface area contributed by atoms with E-state index < -0.39 is 5.60 Å². The van der Waals surface area contributed by atoms with Crippen LogP contribution in [0, 0.1) is 0 Å². The molecule has 1 saturated heterocycles. The fourth-order valence-electron chi connectivity index (χ4n) is 3.37. The van der Waals surface area contributed by atoms with Gasteiger partial charge in [-0.1, -0.05) is 19.3 Å². The minimum atomic E-state index is -0.607. The van der Waals surface area contributed by atoms with Crippen LogP contribution in [0.3, 0.4) is 0 Å². The maximum Gasteiger partial charge on any atom is 0.0815 e. The molecule has 1 aliphatic heterocycles. The summed E-state index contributed by atoms with van der Waals surface area (Å²) in [5, 5.41) is 18.4. The Morgan fingerprint density at radius 3 is 2.81 bits per heavy atom. The average molecular weight is 293 g/mol. The van der Waals surface area contributed by atoms with Crippen molar-refractivity contribution in [2.75, 3.05) is 19.8 Å². The lowest BCUT2D eigenvalue weighted by Crippen LogP contribution is -2.44. The van der Waals surface area contributed by atoms with Gasteiger partial charge in [0.1, 0.15) is 0 Å². The first-order valence-electron chi connectivity index (χ1n) is 8.30. The Hall–Kier alpha value is -0.910. The zero-order valence-corrected chi connectivity index (χ0v) is 12.8. The van der Waals surface area contributed by atoms with Crippen LogP contribution in [-0.4, -0.2) is 40.2 Å². The van der Waals surface area contributed by atoms with E-state index in [4.69, 9.17) is 4.74 Å². The molecule has 118 valence electrons. The van der Waals surface area contributed by atoms with E-state index in [1.54, 1.807) is 0 Å². The van der Waals surface area contributed by atoms with Gasteiger partial charge in [-0.2, -0.15) is 5.10 Å². The summed E-state index contributed by atoms with van der Waals surface area (Å²) in [5.74, 6) is 0.